The van der Waals surface area contributed by atoms with E-state index in [1.807, 2.05) is 30.3 Å². The molecule has 1 aromatic heterocycles. The summed E-state index contributed by atoms with van der Waals surface area (Å²) in [6, 6.07) is 9.65. The minimum atomic E-state index is 0.471. The predicted octanol–water partition coefficient (Wildman–Crippen LogP) is 1.55. The molecular formula is C10H9N3O. The second kappa shape index (κ2) is 3.83. The van der Waals surface area contributed by atoms with Gasteiger partial charge in [-0.05, 0) is 0 Å². The zero-order valence-electron chi connectivity index (χ0n) is 7.71. The maximum absolute atomic E-state index is 4.96. The van der Waals surface area contributed by atoms with Crippen molar-refractivity contribution in [1.29, 1.82) is 0 Å². The van der Waals surface area contributed by atoms with E-state index in [0.29, 0.717) is 11.7 Å². The summed E-state index contributed by atoms with van der Waals surface area (Å²) >= 11 is 0. The summed E-state index contributed by atoms with van der Waals surface area (Å²) in [7, 11) is 1.55. The molecule has 0 saturated carbocycles. The average Bonchev–Trinajstić information content (AvgIpc) is 2.30. The van der Waals surface area contributed by atoms with Gasteiger partial charge in [0.05, 0.1) is 7.11 Å². The van der Waals surface area contributed by atoms with Gasteiger partial charge in [0, 0.05) is 5.56 Å². The predicted molar refractivity (Wildman–Crippen MR) is 51.8 cm³/mol. The molecule has 0 spiro atoms. The fourth-order valence-electron chi connectivity index (χ4n) is 1.10. The number of methoxy groups -OCH3 is 1. The van der Waals surface area contributed by atoms with Crippen molar-refractivity contribution < 1.29 is 4.74 Å². The quantitative estimate of drug-likeness (QED) is 0.715. The summed E-state index contributed by atoms with van der Waals surface area (Å²) in [6.45, 7) is 0. The standard InChI is InChI=1S/C10H9N3O/c1-14-9-7-11-13-10(12-9)8-5-3-2-4-6-8/h2-7H,1H3. The van der Waals surface area contributed by atoms with E-state index < -0.39 is 0 Å². The third kappa shape index (κ3) is 1.69. The molecule has 1 heterocycles. The van der Waals surface area contributed by atoms with E-state index in [4.69, 9.17) is 4.74 Å². The van der Waals surface area contributed by atoms with Crippen LogP contribution in [0.1, 0.15) is 0 Å². The zero-order chi connectivity index (χ0) is 9.80. The van der Waals surface area contributed by atoms with E-state index in [-0.39, 0.29) is 0 Å². The van der Waals surface area contributed by atoms with Gasteiger partial charge in [-0.15, -0.1) is 5.10 Å². The first-order valence-electron chi connectivity index (χ1n) is 4.19. The van der Waals surface area contributed by atoms with Crippen LogP contribution in [-0.4, -0.2) is 22.3 Å². The first-order valence-corrected chi connectivity index (χ1v) is 4.19. The van der Waals surface area contributed by atoms with Gasteiger partial charge in [0.15, 0.2) is 5.82 Å². The highest BCUT2D eigenvalue weighted by Gasteiger charge is 2.02. The number of nitrogens with zero attached hydrogens (tertiary/aromatic N) is 3. The van der Waals surface area contributed by atoms with Crippen molar-refractivity contribution in [3.8, 4) is 17.3 Å². The Morgan fingerprint density at radius 3 is 2.64 bits per heavy atom. The monoisotopic (exact) mass is 187 g/mol. The topological polar surface area (TPSA) is 47.9 Å². The third-order valence-corrected chi connectivity index (χ3v) is 1.78. The zero-order valence-corrected chi connectivity index (χ0v) is 7.71. The Balaban J connectivity index is 2.42. The highest BCUT2D eigenvalue weighted by molar-refractivity contribution is 5.53. The van der Waals surface area contributed by atoms with Crippen LogP contribution in [-0.2, 0) is 0 Å². The van der Waals surface area contributed by atoms with Crippen LogP contribution in [0.4, 0.5) is 0 Å². The maximum atomic E-state index is 4.96. The summed E-state index contributed by atoms with van der Waals surface area (Å²) in [6.07, 6.45) is 1.48. The van der Waals surface area contributed by atoms with Gasteiger partial charge < -0.3 is 4.74 Å². The molecule has 2 rings (SSSR count). The number of benzene rings is 1. The van der Waals surface area contributed by atoms with E-state index >= 15 is 0 Å². The molecule has 0 amide bonds. The van der Waals surface area contributed by atoms with Crippen LogP contribution in [0.25, 0.3) is 11.4 Å². The maximum Gasteiger partial charge on any atom is 0.236 e. The number of aromatic nitrogens is 3. The van der Waals surface area contributed by atoms with Gasteiger partial charge >= 0.3 is 0 Å². The van der Waals surface area contributed by atoms with Crippen molar-refractivity contribution in [1.82, 2.24) is 15.2 Å². The molecule has 0 aliphatic heterocycles. The normalized spacial score (nSPS) is 9.79. The minimum absolute atomic E-state index is 0.471. The molecule has 0 unspecified atom stereocenters. The Kier molecular flexibility index (Phi) is 2.36. The van der Waals surface area contributed by atoms with Gasteiger partial charge in [-0.3, -0.25) is 0 Å². The second-order valence-electron chi connectivity index (χ2n) is 2.69. The van der Waals surface area contributed by atoms with E-state index in [2.05, 4.69) is 15.2 Å². The number of hydrogen-bond donors (Lipinski definition) is 0. The van der Waals surface area contributed by atoms with E-state index in [9.17, 15) is 0 Å². The smallest absolute Gasteiger partial charge is 0.236 e. The molecule has 0 N–H and O–H groups in total. The van der Waals surface area contributed by atoms with Crippen molar-refractivity contribution in [3.63, 3.8) is 0 Å². The molecule has 0 radical (unpaired) electrons. The highest BCUT2D eigenvalue weighted by Crippen LogP contribution is 2.14. The molecular weight excluding hydrogens is 178 g/mol. The summed E-state index contributed by atoms with van der Waals surface area (Å²) in [5, 5.41) is 7.71. The first kappa shape index (κ1) is 8.62. The molecule has 1 aromatic carbocycles. The average molecular weight is 187 g/mol. The molecule has 2 aromatic rings. The van der Waals surface area contributed by atoms with Gasteiger partial charge in [-0.2, -0.15) is 10.1 Å². The van der Waals surface area contributed by atoms with E-state index in [0.717, 1.165) is 5.56 Å². The summed E-state index contributed by atoms with van der Waals surface area (Å²) < 4.78 is 4.96. The summed E-state index contributed by atoms with van der Waals surface area (Å²) in [4.78, 5) is 4.17. The van der Waals surface area contributed by atoms with Gasteiger partial charge in [0.25, 0.3) is 0 Å². The van der Waals surface area contributed by atoms with Crippen LogP contribution in [0.3, 0.4) is 0 Å². The molecule has 4 heteroatoms. The Bertz CT molecular complexity index is 417. The number of ether oxygens (including phenoxy) is 1. The van der Waals surface area contributed by atoms with Crippen molar-refractivity contribution in [3.05, 3.63) is 36.5 Å². The van der Waals surface area contributed by atoms with E-state index in [1.54, 1.807) is 7.11 Å². The molecule has 0 aliphatic carbocycles. The molecule has 0 aliphatic rings. The van der Waals surface area contributed by atoms with Gasteiger partial charge in [0.1, 0.15) is 6.20 Å². The van der Waals surface area contributed by atoms with Crippen LogP contribution >= 0.6 is 0 Å². The SMILES string of the molecule is COc1cnnc(-c2ccccc2)n1. The van der Waals surface area contributed by atoms with Crippen molar-refractivity contribution >= 4 is 0 Å². The molecule has 0 fully saturated rings. The Labute approximate surface area is 81.6 Å². The molecule has 4 nitrogen and oxygen atoms in total. The lowest BCUT2D eigenvalue weighted by atomic mass is 10.2. The number of hydrogen-bond acceptors (Lipinski definition) is 4. The van der Waals surface area contributed by atoms with Crippen molar-refractivity contribution in [2.75, 3.05) is 7.11 Å². The fourth-order valence-corrected chi connectivity index (χ4v) is 1.10. The first-order chi connectivity index (χ1) is 6.90. The molecule has 0 saturated heterocycles. The lowest BCUT2D eigenvalue weighted by Crippen LogP contribution is -1.95. The van der Waals surface area contributed by atoms with Gasteiger partial charge in [-0.25, -0.2) is 0 Å². The second-order valence-corrected chi connectivity index (χ2v) is 2.69. The van der Waals surface area contributed by atoms with Gasteiger partial charge in [-0.1, -0.05) is 30.3 Å². The van der Waals surface area contributed by atoms with Gasteiger partial charge in [0.2, 0.25) is 5.88 Å². The van der Waals surface area contributed by atoms with Crippen molar-refractivity contribution in [2.45, 2.75) is 0 Å². The molecule has 14 heavy (non-hydrogen) atoms. The highest BCUT2D eigenvalue weighted by atomic mass is 16.5. The largest absolute Gasteiger partial charge is 0.480 e. The number of rotatable bonds is 2. The Morgan fingerprint density at radius 2 is 1.93 bits per heavy atom. The molecule has 0 atom stereocenters. The minimum Gasteiger partial charge on any atom is -0.480 e. The van der Waals surface area contributed by atoms with Crippen LogP contribution in [0, 0.1) is 0 Å². The fraction of sp³-hybridized carbons (Fsp3) is 0.100. The van der Waals surface area contributed by atoms with Crippen LogP contribution < -0.4 is 4.74 Å². The summed E-state index contributed by atoms with van der Waals surface area (Å²) in [5.41, 5.74) is 0.930. The van der Waals surface area contributed by atoms with Crippen LogP contribution in [0.2, 0.25) is 0 Å². The molecule has 70 valence electrons. The Morgan fingerprint density at radius 1 is 1.14 bits per heavy atom. The van der Waals surface area contributed by atoms with Crippen LogP contribution in [0.15, 0.2) is 36.5 Å². The third-order valence-electron chi connectivity index (χ3n) is 1.78. The lowest BCUT2D eigenvalue weighted by molar-refractivity contribution is 0.394. The van der Waals surface area contributed by atoms with E-state index in [1.165, 1.54) is 6.20 Å². The van der Waals surface area contributed by atoms with Crippen LogP contribution in [0.5, 0.6) is 5.88 Å². The summed E-state index contributed by atoms with van der Waals surface area (Å²) in [5.74, 6) is 1.05. The lowest BCUT2D eigenvalue weighted by Gasteiger charge is -2.00. The molecule has 0 bridgehead atoms. The van der Waals surface area contributed by atoms with Crippen molar-refractivity contribution in [2.24, 2.45) is 0 Å². The Hall–Kier alpha value is -1.97.